The van der Waals surface area contributed by atoms with E-state index in [0.29, 0.717) is 11.4 Å². The fraction of sp³-hybridized carbons (Fsp3) is 0. The van der Waals surface area contributed by atoms with Crippen LogP contribution in [0.25, 0.3) is 0 Å². The molecule has 7 heteroatoms. The number of hydrogen-bond donors (Lipinski definition) is 2. The summed E-state index contributed by atoms with van der Waals surface area (Å²) in [7, 11) is 0. The molecule has 6 nitrogen and oxygen atoms in total. The molecular weight excluding hydrogens is 311 g/mol. The van der Waals surface area contributed by atoms with Gasteiger partial charge in [0.2, 0.25) is 0 Å². The van der Waals surface area contributed by atoms with Crippen molar-refractivity contribution in [3.8, 4) is 0 Å². The summed E-state index contributed by atoms with van der Waals surface area (Å²) >= 11 is -0.159. The van der Waals surface area contributed by atoms with Crippen LogP contribution in [0.3, 0.4) is 0 Å². The van der Waals surface area contributed by atoms with Gasteiger partial charge in [0.05, 0.1) is 0 Å². The van der Waals surface area contributed by atoms with Crippen LogP contribution in [0.5, 0.6) is 0 Å². The van der Waals surface area contributed by atoms with E-state index in [9.17, 15) is 9.59 Å². The Hall–Kier alpha value is -2.24. The molecule has 19 heavy (non-hydrogen) atoms. The molecule has 3 rings (SSSR count). The third kappa shape index (κ3) is 2.21. The summed E-state index contributed by atoms with van der Waals surface area (Å²) in [4.78, 5) is 26.3. The Morgan fingerprint density at radius 3 is 3.00 bits per heavy atom. The molecule has 2 aromatic rings. The number of H-pyrrole nitrogens is 1. The van der Waals surface area contributed by atoms with Crippen molar-refractivity contribution < 1.29 is 4.79 Å². The molecule has 1 aromatic carbocycles. The van der Waals surface area contributed by atoms with Crippen molar-refractivity contribution in [3.63, 3.8) is 0 Å². The molecule has 0 bridgehead atoms. The molecule has 0 saturated heterocycles. The van der Waals surface area contributed by atoms with Gasteiger partial charge in [0.25, 0.3) is 0 Å². The van der Waals surface area contributed by atoms with E-state index in [1.807, 2.05) is 6.07 Å². The van der Waals surface area contributed by atoms with Crippen LogP contribution in [0, 0.1) is 0 Å². The van der Waals surface area contributed by atoms with Crippen molar-refractivity contribution in [2.75, 3.05) is 5.32 Å². The molecule has 0 radical (unpaired) electrons. The van der Waals surface area contributed by atoms with Crippen LogP contribution in [0.2, 0.25) is 0 Å². The predicted octanol–water partition coefficient (Wildman–Crippen LogP) is 1.98. The van der Waals surface area contributed by atoms with Crippen LogP contribution in [0.1, 0.15) is 10.4 Å². The molecule has 1 aliphatic rings. The summed E-state index contributed by atoms with van der Waals surface area (Å²) in [5.74, 6) is -0.454. The summed E-state index contributed by atoms with van der Waals surface area (Å²) in [6.07, 6.45) is 2.86. The number of hydrogen-bond acceptors (Lipinski definition) is 4. The number of carbonyl (C=O) groups is 1. The summed E-state index contributed by atoms with van der Waals surface area (Å²) in [6.45, 7) is 0. The second-order valence-electron chi connectivity index (χ2n) is 3.81. The minimum atomic E-state index is -0.454. The Morgan fingerprint density at radius 1 is 1.26 bits per heavy atom. The number of carbonyl (C=O) groups excluding carboxylic acids is 1. The van der Waals surface area contributed by atoms with Crippen LogP contribution in [0.4, 0.5) is 17.1 Å². The maximum absolute atomic E-state index is 12.0. The van der Waals surface area contributed by atoms with E-state index in [-0.39, 0.29) is 25.6 Å². The fourth-order valence-electron chi connectivity index (χ4n) is 1.69. The molecule has 0 spiro atoms. The van der Waals surface area contributed by atoms with E-state index in [1.165, 1.54) is 18.5 Å². The van der Waals surface area contributed by atoms with Gasteiger partial charge in [-0.3, -0.25) is 0 Å². The number of aromatic nitrogens is 1. The van der Waals surface area contributed by atoms with Crippen LogP contribution in [0.15, 0.2) is 49.4 Å². The van der Waals surface area contributed by atoms with Gasteiger partial charge in [-0.25, -0.2) is 0 Å². The molecule has 0 fully saturated rings. The molecule has 1 aromatic heterocycles. The number of benzene rings is 1. The number of amides is 1. The van der Waals surface area contributed by atoms with Crippen LogP contribution >= 0.6 is 0 Å². The number of rotatable bonds is 2. The molecule has 0 unspecified atom stereocenters. The normalized spacial score (nSPS) is 11.8. The number of fused-ring (bicyclic) bond motifs is 1. The molecule has 0 saturated carbocycles. The molecule has 0 atom stereocenters. The Balaban J connectivity index is 1.94. The third-order valence-electron chi connectivity index (χ3n) is 2.60. The monoisotopic (exact) mass is 320 g/mol. The fourth-order valence-corrected chi connectivity index (χ4v) is 2.84. The molecule has 94 valence electrons. The van der Waals surface area contributed by atoms with Gasteiger partial charge in [-0.15, -0.1) is 0 Å². The van der Waals surface area contributed by atoms with E-state index in [4.69, 9.17) is 0 Å². The van der Waals surface area contributed by atoms with E-state index in [0.717, 1.165) is 5.69 Å². The van der Waals surface area contributed by atoms with Crippen LogP contribution in [-0.2, 0) is 0 Å². The average Bonchev–Trinajstić information content (AvgIpc) is 2.88. The van der Waals surface area contributed by atoms with Gasteiger partial charge in [0, 0.05) is 0 Å². The van der Waals surface area contributed by atoms with Gasteiger partial charge in [-0.1, -0.05) is 0 Å². The maximum atomic E-state index is 12.0. The quantitative estimate of drug-likeness (QED) is 0.708. The summed E-state index contributed by atoms with van der Waals surface area (Å²) < 4.78 is 8.50. The Labute approximate surface area is 113 Å². The SMILES string of the molecule is O=C(Nc1cccc2c1N=[Se]=N2)c1c[nH]ccc1=O. The predicted molar refractivity (Wildman–Crippen MR) is 71.4 cm³/mol. The molecular formula is C12H8N4O2Se. The number of aromatic amines is 1. The first-order valence-corrected chi connectivity index (χ1v) is 6.98. The first kappa shape index (κ1) is 11.8. The standard InChI is InChI=1S/C12H8N4O2Se/c17-10-4-5-13-6-7(10)12(18)14-8-2-1-3-9-11(8)16-19-15-9/h1-6H,(H,13,17)(H,14,18). The Kier molecular flexibility index (Phi) is 2.98. The second kappa shape index (κ2) is 4.79. The van der Waals surface area contributed by atoms with Gasteiger partial charge < -0.3 is 0 Å². The van der Waals surface area contributed by atoms with Crippen molar-refractivity contribution in [2.45, 2.75) is 0 Å². The molecule has 2 N–H and O–H groups in total. The zero-order valence-electron chi connectivity index (χ0n) is 9.58. The molecule has 1 amide bonds. The number of pyridine rings is 1. The van der Waals surface area contributed by atoms with Gasteiger partial charge in [-0.2, -0.15) is 0 Å². The molecule has 2 heterocycles. The summed E-state index contributed by atoms with van der Waals surface area (Å²) in [6, 6.07) is 6.70. The summed E-state index contributed by atoms with van der Waals surface area (Å²) in [5, 5.41) is 2.70. The van der Waals surface area contributed by atoms with E-state index in [2.05, 4.69) is 18.2 Å². The van der Waals surface area contributed by atoms with E-state index < -0.39 is 5.91 Å². The molecule has 0 aliphatic carbocycles. The van der Waals surface area contributed by atoms with Gasteiger partial charge in [-0.05, 0) is 0 Å². The molecule has 1 aliphatic heterocycles. The van der Waals surface area contributed by atoms with Crippen molar-refractivity contribution in [1.82, 2.24) is 4.98 Å². The Morgan fingerprint density at radius 2 is 2.16 bits per heavy atom. The first-order chi connectivity index (χ1) is 9.25. The van der Waals surface area contributed by atoms with Crippen molar-refractivity contribution in [1.29, 1.82) is 0 Å². The van der Waals surface area contributed by atoms with Gasteiger partial charge in [0.1, 0.15) is 0 Å². The van der Waals surface area contributed by atoms with Crippen molar-refractivity contribution >= 4 is 37.5 Å². The number of nitrogens with zero attached hydrogens (tertiary/aromatic N) is 2. The second-order valence-corrected chi connectivity index (χ2v) is 4.92. The van der Waals surface area contributed by atoms with Crippen molar-refractivity contribution in [2.24, 2.45) is 7.92 Å². The first-order valence-electron chi connectivity index (χ1n) is 5.45. The van der Waals surface area contributed by atoms with E-state index >= 15 is 0 Å². The number of anilines is 1. The number of nitrogens with one attached hydrogen (secondary N) is 2. The van der Waals surface area contributed by atoms with Gasteiger partial charge in [0.15, 0.2) is 0 Å². The van der Waals surface area contributed by atoms with E-state index in [1.54, 1.807) is 12.1 Å². The zero-order chi connectivity index (χ0) is 13.2. The zero-order valence-corrected chi connectivity index (χ0v) is 11.3. The van der Waals surface area contributed by atoms with Crippen molar-refractivity contribution in [3.05, 3.63) is 52.4 Å². The summed E-state index contributed by atoms with van der Waals surface area (Å²) in [5.41, 5.74) is 1.78. The van der Waals surface area contributed by atoms with Gasteiger partial charge >= 0.3 is 113 Å². The third-order valence-corrected chi connectivity index (χ3v) is 3.74. The van der Waals surface area contributed by atoms with Crippen LogP contribution < -0.4 is 10.7 Å². The average molecular weight is 319 g/mol. The topological polar surface area (TPSA) is 86.7 Å². The van der Waals surface area contributed by atoms with Crippen LogP contribution in [-0.4, -0.2) is 25.5 Å². The minimum absolute atomic E-state index is 0.0700. The Bertz CT molecular complexity index is 790.